The maximum absolute atomic E-state index is 13.9. The van der Waals surface area contributed by atoms with Crippen LogP contribution in [0.2, 0.25) is 0 Å². The molecule has 0 radical (unpaired) electrons. The van der Waals surface area contributed by atoms with Crippen LogP contribution in [0.15, 0.2) is 4.99 Å². The number of ether oxygens (including phenoxy) is 1. The number of hydrogen-bond donors (Lipinski definition) is 3. The van der Waals surface area contributed by atoms with Gasteiger partial charge in [-0.1, -0.05) is 11.8 Å². The van der Waals surface area contributed by atoms with Crippen molar-refractivity contribution in [1.82, 2.24) is 5.32 Å². The Kier molecular flexibility index (Phi) is 3.96. The largest absolute Gasteiger partial charge is 0.417 e. The molecule has 0 aliphatic carbocycles. The zero-order chi connectivity index (χ0) is 14.4. The van der Waals surface area contributed by atoms with Crippen LogP contribution in [0.25, 0.3) is 0 Å². The Morgan fingerprint density at radius 1 is 1.47 bits per heavy atom. The van der Waals surface area contributed by atoms with E-state index in [2.05, 4.69) is 10.3 Å². The molecule has 0 aromatic carbocycles. The predicted octanol–water partition coefficient (Wildman–Crippen LogP) is 0.0243. The standard InChI is InChI=1S/C9H12F4N2O3S/c1-14-8-15-3-2(10)4(16)5(18-7(3)19-8)6(17)9(11,12)13/h2-7,16-17H,1H3,(H,14,15)/t2?,3?,4-,5-,6-,7+/m0/s1. The van der Waals surface area contributed by atoms with Gasteiger partial charge in [0.15, 0.2) is 17.4 Å². The van der Waals surface area contributed by atoms with Crippen LogP contribution in [0.1, 0.15) is 0 Å². The van der Waals surface area contributed by atoms with Crippen molar-refractivity contribution in [3.05, 3.63) is 0 Å². The van der Waals surface area contributed by atoms with Gasteiger partial charge in [0.05, 0.1) is 0 Å². The van der Waals surface area contributed by atoms with Crippen molar-refractivity contribution < 1.29 is 32.5 Å². The molecule has 10 heteroatoms. The zero-order valence-electron chi connectivity index (χ0n) is 9.63. The molecule has 1 fully saturated rings. The van der Waals surface area contributed by atoms with Crippen LogP contribution >= 0.6 is 11.8 Å². The molecule has 0 aromatic rings. The number of thioether (sulfide) groups is 1. The van der Waals surface area contributed by atoms with Crippen molar-refractivity contribution in [3.8, 4) is 0 Å². The lowest BCUT2D eigenvalue weighted by Crippen LogP contribution is -2.59. The number of hydrogen-bond acceptors (Lipinski definition) is 6. The summed E-state index contributed by atoms with van der Waals surface area (Å²) in [5.74, 6) is 0. The normalized spacial score (nSPS) is 40.6. The van der Waals surface area contributed by atoms with Crippen molar-refractivity contribution in [2.75, 3.05) is 7.05 Å². The summed E-state index contributed by atoms with van der Waals surface area (Å²) < 4.78 is 56.1. The number of aliphatic hydroxyl groups excluding tert-OH is 2. The molecule has 0 bridgehead atoms. The van der Waals surface area contributed by atoms with Crippen LogP contribution in [0.3, 0.4) is 0 Å². The van der Waals surface area contributed by atoms with Gasteiger partial charge in [-0.05, 0) is 0 Å². The number of aliphatic hydroxyl groups is 2. The van der Waals surface area contributed by atoms with Crippen molar-refractivity contribution in [2.45, 2.75) is 42.1 Å². The molecule has 6 atom stereocenters. The molecule has 19 heavy (non-hydrogen) atoms. The van der Waals surface area contributed by atoms with Gasteiger partial charge in [0, 0.05) is 7.05 Å². The van der Waals surface area contributed by atoms with E-state index in [1.54, 1.807) is 0 Å². The second-order valence-electron chi connectivity index (χ2n) is 4.18. The highest BCUT2D eigenvalue weighted by molar-refractivity contribution is 8.14. The van der Waals surface area contributed by atoms with Gasteiger partial charge in [-0.25, -0.2) is 4.39 Å². The molecule has 0 aromatic heterocycles. The maximum atomic E-state index is 13.9. The fourth-order valence-corrected chi connectivity index (χ4v) is 2.98. The first-order valence-corrected chi connectivity index (χ1v) is 6.28. The van der Waals surface area contributed by atoms with Gasteiger partial charge in [0.1, 0.15) is 23.7 Å². The van der Waals surface area contributed by atoms with Gasteiger partial charge in [-0.15, -0.1) is 0 Å². The molecular weight excluding hydrogens is 292 g/mol. The Morgan fingerprint density at radius 3 is 2.63 bits per heavy atom. The number of fused-ring (bicyclic) bond motifs is 1. The topological polar surface area (TPSA) is 74.1 Å². The summed E-state index contributed by atoms with van der Waals surface area (Å²) >= 11 is 0.919. The molecular formula is C9H12F4N2O3S. The van der Waals surface area contributed by atoms with Crippen LogP contribution in [0, 0.1) is 0 Å². The number of halogens is 4. The third kappa shape index (κ3) is 2.67. The van der Waals surface area contributed by atoms with E-state index in [-0.39, 0.29) is 0 Å². The van der Waals surface area contributed by atoms with E-state index in [1.165, 1.54) is 7.05 Å². The Hall–Kier alpha value is -0.580. The lowest BCUT2D eigenvalue weighted by atomic mass is 9.96. The summed E-state index contributed by atoms with van der Waals surface area (Å²) in [4.78, 5) is 3.86. The number of alkyl halides is 4. The third-order valence-electron chi connectivity index (χ3n) is 2.91. The van der Waals surface area contributed by atoms with Crippen LogP contribution < -0.4 is 5.32 Å². The fourth-order valence-electron chi connectivity index (χ4n) is 1.93. The van der Waals surface area contributed by atoms with Gasteiger partial charge >= 0.3 is 6.18 Å². The first kappa shape index (κ1) is 14.8. The lowest BCUT2D eigenvalue weighted by Gasteiger charge is -2.39. The number of nitrogens with zero attached hydrogens (tertiary/aromatic N) is 1. The average molecular weight is 304 g/mol. The summed E-state index contributed by atoms with van der Waals surface area (Å²) in [6, 6.07) is -1.08. The van der Waals surface area contributed by atoms with Gasteiger partial charge in [0.25, 0.3) is 0 Å². The Bertz CT molecular complexity index is 381. The van der Waals surface area contributed by atoms with Crippen molar-refractivity contribution in [1.29, 1.82) is 0 Å². The molecule has 2 unspecified atom stereocenters. The highest BCUT2D eigenvalue weighted by atomic mass is 32.2. The van der Waals surface area contributed by atoms with Crippen LogP contribution in [-0.4, -0.2) is 64.6 Å². The van der Waals surface area contributed by atoms with E-state index in [0.29, 0.717) is 5.17 Å². The fraction of sp³-hybridized carbons (Fsp3) is 0.889. The van der Waals surface area contributed by atoms with Crippen LogP contribution in [-0.2, 0) is 4.74 Å². The second kappa shape index (κ2) is 5.08. The Balaban J connectivity index is 2.16. The molecule has 2 aliphatic rings. The van der Waals surface area contributed by atoms with Gasteiger partial charge in [-0.2, -0.15) is 13.2 Å². The predicted molar refractivity (Wildman–Crippen MR) is 59.5 cm³/mol. The van der Waals surface area contributed by atoms with E-state index in [1.807, 2.05) is 0 Å². The highest BCUT2D eigenvalue weighted by Crippen LogP contribution is 2.40. The first-order valence-electron chi connectivity index (χ1n) is 5.40. The monoisotopic (exact) mass is 304 g/mol. The minimum Gasteiger partial charge on any atom is -0.387 e. The molecule has 2 aliphatic heterocycles. The molecule has 0 saturated carbocycles. The van der Waals surface area contributed by atoms with E-state index >= 15 is 0 Å². The average Bonchev–Trinajstić information content (AvgIpc) is 2.75. The van der Waals surface area contributed by atoms with E-state index < -0.39 is 42.1 Å². The summed E-state index contributed by atoms with van der Waals surface area (Å²) in [6.45, 7) is 0. The van der Waals surface area contributed by atoms with Crippen molar-refractivity contribution in [3.63, 3.8) is 0 Å². The Morgan fingerprint density at radius 2 is 2.11 bits per heavy atom. The number of amidine groups is 1. The first-order chi connectivity index (χ1) is 8.75. The molecule has 110 valence electrons. The maximum Gasteiger partial charge on any atom is 0.417 e. The van der Waals surface area contributed by atoms with Gasteiger partial charge < -0.3 is 20.3 Å². The SMILES string of the molecule is CNC1=NC2C(F)[C@H](O)[C@@H]([C@H](O)C(F)(F)F)O[C@@H]2S1. The molecule has 1 saturated heterocycles. The summed E-state index contributed by atoms with van der Waals surface area (Å²) in [5, 5.41) is 21.6. The lowest BCUT2D eigenvalue weighted by molar-refractivity contribution is -0.267. The highest BCUT2D eigenvalue weighted by Gasteiger charge is 2.56. The molecule has 2 heterocycles. The molecule has 2 rings (SSSR count). The molecule has 0 spiro atoms. The Labute approximate surface area is 110 Å². The van der Waals surface area contributed by atoms with Gasteiger partial charge in [0.2, 0.25) is 0 Å². The molecule has 0 amide bonds. The number of nitrogens with one attached hydrogen (secondary N) is 1. The third-order valence-corrected chi connectivity index (χ3v) is 4.07. The van der Waals surface area contributed by atoms with Crippen LogP contribution in [0.4, 0.5) is 17.6 Å². The molecule has 3 N–H and O–H groups in total. The quantitative estimate of drug-likeness (QED) is 0.596. The van der Waals surface area contributed by atoms with E-state index in [9.17, 15) is 22.7 Å². The van der Waals surface area contributed by atoms with Gasteiger partial charge in [-0.3, -0.25) is 4.99 Å². The van der Waals surface area contributed by atoms with E-state index in [4.69, 9.17) is 9.84 Å². The van der Waals surface area contributed by atoms with Crippen molar-refractivity contribution >= 4 is 16.9 Å². The summed E-state index contributed by atoms with van der Waals surface area (Å²) in [6.07, 6.45) is -14.1. The zero-order valence-corrected chi connectivity index (χ0v) is 10.5. The second-order valence-corrected chi connectivity index (χ2v) is 5.27. The number of aliphatic imine (C=N–C) groups is 1. The van der Waals surface area contributed by atoms with Crippen molar-refractivity contribution in [2.24, 2.45) is 4.99 Å². The minimum absolute atomic E-state index is 0.312. The minimum atomic E-state index is -4.99. The van der Waals surface area contributed by atoms with E-state index in [0.717, 1.165) is 11.8 Å². The smallest absolute Gasteiger partial charge is 0.387 e. The number of rotatable bonds is 1. The summed E-state index contributed by atoms with van der Waals surface area (Å²) in [7, 11) is 1.52. The summed E-state index contributed by atoms with van der Waals surface area (Å²) in [5.41, 5.74) is -0.997. The molecule has 5 nitrogen and oxygen atoms in total. The van der Waals surface area contributed by atoms with Crippen LogP contribution in [0.5, 0.6) is 0 Å².